The van der Waals surface area contributed by atoms with Gasteiger partial charge in [-0.3, -0.25) is 14.6 Å². The van der Waals surface area contributed by atoms with Crippen LogP contribution in [-0.4, -0.2) is 32.8 Å². The second-order valence-corrected chi connectivity index (χ2v) is 5.95. The van der Waals surface area contributed by atoms with E-state index >= 15 is 0 Å². The molecule has 2 aliphatic rings. The molecule has 5 nitrogen and oxygen atoms in total. The maximum Gasteiger partial charge on any atom is 0.0768 e. The van der Waals surface area contributed by atoms with Crippen molar-refractivity contribution in [1.29, 1.82) is 0 Å². The van der Waals surface area contributed by atoms with Crippen molar-refractivity contribution in [3.63, 3.8) is 0 Å². The summed E-state index contributed by atoms with van der Waals surface area (Å²) in [7, 11) is 0. The Balaban J connectivity index is 0.000000960. The molecule has 126 valence electrons. The van der Waals surface area contributed by atoms with Crippen LogP contribution in [0.25, 0.3) is 0 Å². The van der Waals surface area contributed by atoms with Gasteiger partial charge >= 0.3 is 0 Å². The average molecular weight is 356 g/mol. The smallest absolute Gasteiger partial charge is 0.0768 e. The first kappa shape index (κ1) is 18.2. The van der Waals surface area contributed by atoms with E-state index in [1.54, 1.807) is 0 Å². The minimum atomic E-state index is 0. The van der Waals surface area contributed by atoms with Gasteiger partial charge in [-0.1, -0.05) is 6.07 Å². The molecule has 0 aliphatic carbocycles. The van der Waals surface area contributed by atoms with Gasteiger partial charge in [0, 0.05) is 51.0 Å². The molecule has 0 aromatic carbocycles. The van der Waals surface area contributed by atoms with Crippen LogP contribution >= 0.6 is 24.8 Å². The van der Waals surface area contributed by atoms with Crippen molar-refractivity contribution in [3.05, 3.63) is 47.0 Å². The number of pyridine rings is 1. The van der Waals surface area contributed by atoms with Crippen LogP contribution in [0.4, 0.5) is 0 Å². The van der Waals surface area contributed by atoms with E-state index < -0.39 is 0 Å². The SMILES string of the molecule is Cl.Cl.c1cnc2c(c1)CN(Cc1cc3n(n1)CCCNC3)CC2. The standard InChI is InChI=1S/C16H21N5.2ClH/c1-3-13-11-20(8-4-16(13)18-6-1)12-14-9-15-10-17-5-2-7-21(15)19-14;;/h1,3,6,9,17H,2,4-5,7-8,10-12H2;2*1H. The highest BCUT2D eigenvalue weighted by Crippen LogP contribution is 2.19. The molecule has 0 bridgehead atoms. The van der Waals surface area contributed by atoms with E-state index in [0.717, 1.165) is 52.1 Å². The van der Waals surface area contributed by atoms with Crippen molar-refractivity contribution in [2.24, 2.45) is 0 Å². The molecule has 2 aromatic rings. The number of aryl methyl sites for hydroxylation is 1. The van der Waals surface area contributed by atoms with Gasteiger partial charge in [-0.2, -0.15) is 5.10 Å². The molecule has 0 saturated heterocycles. The fraction of sp³-hybridized carbons (Fsp3) is 0.500. The molecule has 2 aliphatic heterocycles. The van der Waals surface area contributed by atoms with Crippen LogP contribution in [0.1, 0.15) is 29.1 Å². The lowest BCUT2D eigenvalue weighted by Gasteiger charge is -2.27. The maximum absolute atomic E-state index is 4.78. The summed E-state index contributed by atoms with van der Waals surface area (Å²) in [5, 5.41) is 8.23. The second-order valence-electron chi connectivity index (χ2n) is 5.95. The summed E-state index contributed by atoms with van der Waals surface area (Å²) in [6, 6.07) is 6.49. The van der Waals surface area contributed by atoms with Gasteiger partial charge in [-0.05, 0) is 30.7 Å². The maximum atomic E-state index is 4.78. The van der Waals surface area contributed by atoms with Crippen LogP contribution in [0.5, 0.6) is 0 Å². The number of aromatic nitrogens is 3. The summed E-state index contributed by atoms with van der Waals surface area (Å²) in [6.07, 6.45) is 4.11. The molecule has 2 aromatic heterocycles. The highest BCUT2D eigenvalue weighted by atomic mass is 35.5. The summed E-state index contributed by atoms with van der Waals surface area (Å²) in [6.45, 7) is 6.08. The Morgan fingerprint density at radius 3 is 3.04 bits per heavy atom. The Labute approximate surface area is 149 Å². The van der Waals surface area contributed by atoms with Gasteiger partial charge in [-0.15, -0.1) is 24.8 Å². The second kappa shape index (κ2) is 8.11. The Kier molecular flexibility index (Phi) is 6.41. The third-order valence-electron chi connectivity index (χ3n) is 4.37. The largest absolute Gasteiger partial charge is 0.311 e. The van der Waals surface area contributed by atoms with E-state index in [1.165, 1.54) is 22.6 Å². The van der Waals surface area contributed by atoms with Gasteiger partial charge in [0.1, 0.15) is 0 Å². The Morgan fingerprint density at radius 1 is 1.22 bits per heavy atom. The van der Waals surface area contributed by atoms with Crippen LogP contribution in [-0.2, 0) is 32.6 Å². The van der Waals surface area contributed by atoms with E-state index in [4.69, 9.17) is 5.10 Å². The molecule has 0 fully saturated rings. The van der Waals surface area contributed by atoms with E-state index in [-0.39, 0.29) is 24.8 Å². The van der Waals surface area contributed by atoms with Crippen molar-refractivity contribution < 1.29 is 0 Å². The normalized spacial score (nSPS) is 17.2. The average Bonchev–Trinajstić information content (AvgIpc) is 2.76. The highest BCUT2D eigenvalue weighted by Gasteiger charge is 2.19. The first-order valence-corrected chi connectivity index (χ1v) is 7.80. The highest BCUT2D eigenvalue weighted by molar-refractivity contribution is 5.85. The predicted molar refractivity (Wildman–Crippen MR) is 95.1 cm³/mol. The molecule has 0 atom stereocenters. The third-order valence-corrected chi connectivity index (χ3v) is 4.37. The summed E-state index contributed by atoms with van der Waals surface area (Å²) >= 11 is 0. The molecule has 4 rings (SSSR count). The number of nitrogens with zero attached hydrogens (tertiary/aromatic N) is 4. The van der Waals surface area contributed by atoms with Crippen molar-refractivity contribution in [3.8, 4) is 0 Å². The zero-order valence-electron chi connectivity index (χ0n) is 13.1. The Morgan fingerprint density at radius 2 is 2.13 bits per heavy atom. The van der Waals surface area contributed by atoms with Crippen molar-refractivity contribution >= 4 is 24.8 Å². The van der Waals surface area contributed by atoms with E-state index in [1.807, 2.05) is 12.3 Å². The lowest BCUT2D eigenvalue weighted by Crippen LogP contribution is -2.30. The monoisotopic (exact) mass is 355 g/mol. The van der Waals surface area contributed by atoms with Crippen LogP contribution in [0.15, 0.2) is 24.4 Å². The summed E-state index contributed by atoms with van der Waals surface area (Å²) in [5.74, 6) is 0. The molecule has 1 N–H and O–H groups in total. The molecular formula is C16H23Cl2N5. The van der Waals surface area contributed by atoms with Gasteiger partial charge < -0.3 is 5.32 Å². The molecule has 0 unspecified atom stereocenters. The molecule has 4 heterocycles. The fourth-order valence-corrected chi connectivity index (χ4v) is 3.29. The number of nitrogens with one attached hydrogen (secondary N) is 1. The Bertz CT molecular complexity index is 620. The number of hydrogen-bond acceptors (Lipinski definition) is 4. The molecule has 0 amide bonds. The molecule has 0 spiro atoms. The topological polar surface area (TPSA) is 46.0 Å². The summed E-state index contributed by atoms with van der Waals surface area (Å²) in [4.78, 5) is 6.94. The van der Waals surface area contributed by atoms with Crippen LogP contribution in [0.2, 0.25) is 0 Å². The minimum Gasteiger partial charge on any atom is -0.311 e. The first-order valence-electron chi connectivity index (χ1n) is 7.80. The molecule has 0 saturated carbocycles. The number of fused-ring (bicyclic) bond motifs is 2. The zero-order valence-corrected chi connectivity index (χ0v) is 14.7. The number of hydrogen-bond donors (Lipinski definition) is 1. The van der Waals surface area contributed by atoms with Gasteiger partial charge in [0.25, 0.3) is 0 Å². The van der Waals surface area contributed by atoms with E-state index in [9.17, 15) is 0 Å². The van der Waals surface area contributed by atoms with Gasteiger partial charge in [0.05, 0.1) is 11.4 Å². The van der Waals surface area contributed by atoms with Crippen molar-refractivity contribution in [2.75, 3.05) is 13.1 Å². The predicted octanol–water partition coefficient (Wildman–Crippen LogP) is 2.17. The van der Waals surface area contributed by atoms with E-state index in [2.05, 4.69) is 32.0 Å². The zero-order chi connectivity index (χ0) is 14.1. The van der Waals surface area contributed by atoms with Gasteiger partial charge in [0.2, 0.25) is 0 Å². The lowest BCUT2D eigenvalue weighted by atomic mass is 10.1. The third kappa shape index (κ3) is 4.04. The minimum absolute atomic E-state index is 0. The lowest BCUT2D eigenvalue weighted by molar-refractivity contribution is 0.239. The number of rotatable bonds is 2. The van der Waals surface area contributed by atoms with Gasteiger partial charge in [-0.25, -0.2) is 0 Å². The van der Waals surface area contributed by atoms with Crippen molar-refractivity contribution in [1.82, 2.24) is 25.0 Å². The van der Waals surface area contributed by atoms with E-state index in [0.29, 0.717) is 0 Å². The fourth-order valence-electron chi connectivity index (χ4n) is 3.29. The quantitative estimate of drug-likeness (QED) is 0.896. The molecular weight excluding hydrogens is 333 g/mol. The Hall–Kier alpha value is -1.14. The first-order chi connectivity index (χ1) is 10.4. The van der Waals surface area contributed by atoms with Crippen LogP contribution in [0.3, 0.4) is 0 Å². The molecule has 23 heavy (non-hydrogen) atoms. The van der Waals surface area contributed by atoms with Gasteiger partial charge in [0.15, 0.2) is 0 Å². The molecule has 0 radical (unpaired) electrons. The summed E-state index contributed by atoms with van der Waals surface area (Å²) in [5.41, 5.74) is 5.15. The summed E-state index contributed by atoms with van der Waals surface area (Å²) < 4.78 is 2.18. The van der Waals surface area contributed by atoms with Crippen LogP contribution in [0, 0.1) is 0 Å². The van der Waals surface area contributed by atoms with Crippen LogP contribution < -0.4 is 5.32 Å². The molecule has 7 heteroatoms. The van der Waals surface area contributed by atoms with Crippen molar-refractivity contribution in [2.45, 2.75) is 39.0 Å². The number of halogens is 2.